The van der Waals surface area contributed by atoms with E-state index in [4.69, 9.17) is 4.99 Å². The van der Waals surface area contributed by atoms with E-state index in [-0.39, 0.29) is 36.0 Å². The summed E-state index contributed by atoms with van der Waals surface area (Å²) in [5.74, 6) is 0.889. The minimum Gasteiger partial charge on any atom is -0.396 e. The first-order valence-corrected chi connectivity index (χ1v) is 10.4. The number of halogens is 1. The summed E-state index contributed by atoms with van der Waals surface area (Å²) < 4.78 is 0. The molecule has 1 saturated carbocycles. The first-order chi connectivity index (χ1) is 13.3. The summed E-state index contributed by atoms with van der Waals surface area (Å²) in [6, 6.07) is 8.43. The van der Waals surface area contributed by atoms with E-state index in [0.29, 0.717) is 0 Å². The zero-order chi connectivity index (χ0) is 19.0. The van der Waals surface area contributed by atoms with E-state index in [1.165, 1.54) is 48.6 Å². The van der Waals surface area contributed by atoms with Gasteiger partial charge in [-0.3, -0.25) is 4.99 Å². The predicted molar refractivity (Wildman–Crippen MR) is 129 cm³/mol. The Balaban J connectivity index is 0.00000280. The van der Waals surface area contributed by atoms with Crippen LogP contribution in [0.25, 0.3) is 10.9 Å². The van der Waals surface area contributed by atoms with Crippen LogP contribution < -0.4 is 10.6 Å². The molecule has 2 aromatic rings. The van der Waals surface area contributed by atoms with E-state index in [1.54, 1.807) is 0 Å². The zero-order valence-electron chi connectivity index (χ0n) is 17.0. The average Bonchev–Trinajstić information content (AvgIpc) is 3.10. The lowest BCUT2D eigenvalue weighted by Gasteiger charge is -2.35. The number of aromatic nitrogens is 1. The molecule has 1 aliphatic rings. The molecule has 0 atom stereocenters. The van der Waals surface area contributed by atoms with Gasteiger partial charge in [-0.2, -0.15) is 0 Å². The van der Waals surface area contributed by atoms with E-state index >= 15 is 0 Å². The van der Waals surface area contributed by atoms with Gasteiger partial charge in [0, 0.05) is 43.3 Å². The molecule has 0 unspecified atom stereocenters. The summed E-state index contributed by atoms with van der Waals surface area (Å²) in [7, 11) is 0. The first kappa shape index (κ1) is 23.0. The molecule has 0 bridgehead atoms. The Morgan fingerprint density at radius 2 is 1.96 bits per heavy atom. The molecule has 1 fully saturated rings. The van der Waals surface area contributed by atoms with Crippen molar-refractivity contribution >= 4 is 40.8 Å². The molecule has 0 radical (unpaired) electrons. The topological polar surface area (TPSA) is 72.4 Å². The quantitative estimate of drug-likeness (QED) is 0.250. The molecule has 4 N–H and O–H groups in total. The highest BCUT2D eigenvalue weighted by molar-refractivity contribution is 14.0. The lowest BCUT2D eigenvalue weighted by molar-refractivity contribution is 0.137. The maximum absolute atomic E-state index is 9.50. The molecule has 0 spiro atoms. The summed E-state index contributed by atoms with van der Waals surface area (Å²) in [4.78, 5) is 8.23. The van der Waals surface area contributed by atoms with Crippen molar-refractivity contribution in [3.8, 4) is 0 Å². The Kier molecular flexibility index (Phi) is 9.58. The fourth-order valence-electron chi connectivity index (χ4n) is 4.27. The molecule has 0 aliphatic heterocycles. The molecule has 5 nitrogen and oxygen atoms in total. The number of para-hydroxylation sites is 1. The van der Waals surface area contributed by atoms with Crippen molar-refractivity contribution < 1.29 is 5.11 Å². The van der Waals surface area contributed by atoms with Crippen LogP contribution in [0.2, 0.25) is 0 Å². The summed E-state index contributed by atoms with van der Waals surface area (Å²) in [6.45, 7) is 4.86. The highest BCUT2D eigenvalue weighted by Crippen LogP contribution is 2.39. The predicted octanol–water partition coefficient (Wildman–Crippen LogP) is 4.22. The minimum atomic E-state index is 0. The van der Waals surface area contributed by atoms with Crippen LogP contribution in [0, 0.1) is 5.41 Å². The standard InChI is InChI=1S/C22H34N4O.HI/c1-2-23-21(26-17-22(13-15-27)11-6-3-7-12-22)24-14-10-18-16-25-20-9-5-4-8-19(18)20;/h4-5,8-9,16,25,27H,2-3,6-7,10-15,17H2,1H3,(H2,23,24,26);1H. The van der Waals surface area contributed by atoms with E-state index in [2.05, 4.69) is 53.0 Å². The van der Waals surface area contributed by atoms with Gasteiger partial charge in [0.25, 0.3) is 0 Å². The molecular weight excluding hydrogens is 463 g/mol. The van der Waals surface area contributed by atoms with E-state index in [9.17, 15) is 5.11 Å². The van der Waals surface area contributed by atoms with E-state index in [0.717, 1.165) is 38.4 Å². The Bertz CT molecular complexity index is 731. The van der Waals surface area contributed by atoms with Crippen molar-refractivity contribution in [2.45, 2.75) is 51.9 Å². The number of nitrogens with zero attached hydrogens (tertiary/aromatic N) is 1. The smallest absolute Gasteiger partial charge is 0.191 e. The molecule has 28 heavy (non-hydrogen) atoms. The normalized spacial score (nSPS) is 16.6. The molecule has 1 aromatic carbocycles. The van der Waals surface area contributed by atoms with Gasteiger partial charge in [0.2, 0.25) is 0 Å². The second kappa shape index (κ2) is 11.7. The highest BCUT2D eigenvalue weighted by atomic mass is 127. The molecule has 1 aromatic heterocycles. The molecule has 6 heteroatoms. The van der Waals surface area contributed by atoms with Gasteiger partial charge in [-0.25, -0.2) is 0 Å². The van der Waals surface area contributed by atoms with Crippen LogP contribution in [-0.4, -0.2) is 42.3 Å². The van der Waals surface area contributed by atoms with Gasteiger partial charge in [-0.05, 0) is 49.7 Å². The number of guanidine groups is 1. The van der Waals surface area contributed by atoms with Crippen LogP contribution in [-0.2, 0) is 6.42 Å². The molecule has 1 heterocycles. The molecule has 156 valence electrons. The number of hydrogen-bond acceptors (Lipinski definition) is 2. The zero-order valence-corrected chi connectivity index (χ0v) is 19.3. The number of aliphatic imine (C=N–C) groups is 1. The number of hydrogen-bond donors (Lipinski definition) is 4. The maximum atomic E-state index is 9.50. The third-order valence-electron chi connectivity index (χ3n) is 5.83. The van der Waals surface area contributed by atoms with Crippen LogP contribution in [0.3, 0.4) is 0 Å². The van der Waals surface area contributed by atoms with Gasteiger partial charge in [0.15, 0.2) is 5.96 Å². The van der Waals surface area contributed by atoms with Gasteiger partial charge < -0.3 is 20.7 Å². The van der Waals surface area contributed by atoms with Crippen LogP contribution in [0.5, 0.6) is 0 Å². The fourth-order valence-corrected chi connectivity index (χ4v) is 4.27. The SMILES string of the molecule is CCNC(=NCC1(CCO)CCCCC1)NCCc1c[nH]c2ccccc12.I. The van der Waals surface area contributed by atoms with Crippen molar-refractivity contribution in [1.82, 2.24) is 15.6 Å². The second-order valence-electron chi connectivity index (χ2n) is 7.77. The molecular formula is C22H35IN4O. The number of H-pyrrole nitrogens is 1. The van der Waals surface area contributed by atoms with Crippen LogP contribution >= 0.6 is 24.0 Å². The number of rotatable bonds is 8. The van der Waals surface area contributed by atoms with Crippen molar-refractivity contribution in [2.24, 2.45) is 10.4 Å². The summed E-state index contributed by atoms with van der Waals surface area (Å²) >= 11 is 0. The average molecular weight is 498 g/mol. The van der Waals surface area contributed by atoms with Gasteiger partial charge >= 0.3 is 0 Å². The largest absolute Gasteiger partial charge is 0.396 e. The van der Waals surface area contributed by atoms with Gasteiger partial charge in [0.1, 0.15) is 0 Å². The van der Waals surface area contributed by atoms with Crippen molar-refractivity contribution in [3.05, 3.63) is 36.0 Å². The number of aliphatic hydroxyl groups excluding tert-OH is 1. The Labute approximate surface area is 185 Å². The fraction of sp³-hybridized carbons (Fsp3) is 0.591. The van der Waals surface area contributed by atoms with Crippen LogP contribution in [0.4, 0.5) is 0 Å². The number of benzene rings is 1. The maximum Gasteiger partial charge on any atom is 0.191 e. The monoisotopic (exact) mass is 498 g/mol. The lowest BCUT2D eigenvalue weighted by Crippen LogP contribution is -2.40. The molecule has 3 rings (SSSR count). The Morgan fingerprint density at radius 1 is 1.18 bits per heavy atom. The third kappa shape index (κ3) is 6.11. The summed E-state index contributed by atoms with van der Waals surface area (Å²) in [5.41, 5.74) is 2.71. The Morgan fingerprint density at radius 3 is 2.71 bits per heavy atom. The molecule has 0 saturated heterocycles. The van der Waals surface area contributed by atoms with Gasteiger partial charge in [0.05, 0.1) is 0 Å². The number of aliphatic hydroxyl groups is 1. The highest BCUT2D eigenvalue weighted by Gasteiger charge is 2.31. The van der Waals surface area contributed by atoms with Crippen LogP contribution in [0.1, 0.15) is 51.0 Å². The van der Waals surface area contributed by atoms with Crippen molar-refractivity contribution in [1.29, 1.82) is 0 Å². The molecule has 0 amide bonds. The van der Waals surface area contributed by atoms with Gasteiger partial charge in [-0.1, -0.05) is 37.5 Å². The van der Waals surface area contributed by atoms with E-state index < -0.39 is 0 Å². The summed E-state index contributed by atoms with van der Waals surface area (Å²) in [6.07, 6.45) is 10.1. The number of nitrogens with one attached hydrogen (secondary N) is 3. The van der Waals surface area contributed by atoms with Gasteiger partial charge in [-0.15, -0.1) is 24.0 Å². The number of aromatic amines is 1. The lowest BCUT2D eigenvalue weighted by atomic mass is 9.72. The van der Waals surface area contributed by atoms with Crippen molar-refractivity contribution in [2.75, 3.05) is 26.2 Å². The second-order valence-corrected chi connectivity index (χ2v) is 7.77. The number of fused-ring (bicyclic) bond motifs is 1. The Hall–Kier alpha value is -1.28. The molecule has 1 aliphatic carbocycles. The van der Waals surface area contributed by atoms with E-state index in [1.807, 2.05) is 0 Å². The van der Waals surface area contributed by atoms with Crippen molar-refractivity contribution in [3.63, 3.8) is 0 Å². The van der Waals surface area contributed by atoms with Crippen LogP contribution in [0.15, 0.2) is 35.5 Å². The minimum absolute atomic E-state index is 0. The third-order valence-corrected chi connectivity index (χ3v) is 5.83. The summed E-state index contributed by atoms with van der Waals surface area (Å²) in [5, 5.41) is 17.7. The first-order valence-electron chi connectivity index (χ1n) is 10.4.